The number of nitrogens with one attached hydrogen (secondary N) is 2. The van der Waals surface area contributed by atoms with Crippen molar-refractivity contribution in [2.75, 3.05) is 6.61 Å². The van der Waals surface area contributed by atoms with Gasteiger partial charge in [-0.2, -0.15) is 0 Å². The molecule has 1 unspecified atom stereocenters. The van der Waals surface area contributed by atoms with Gasteiger partial charge < -0.3 is 20.1 Å². The molecule has 0 aromatic heterocycles. The molecule has 1 aliphatic heterocycles. The Balaban J connectivity index is 2.52. The van der Waals surface area contributed by atoms with E-state index in [-0.39, 0.29) is 18.7 Å². The maximum atomic E-state index is 12.7. The SMILES string of the molecule is CCCCC1=C(C(=O)OCC)C(c2ccccc2OC(C)C)NC(=O)N1. The molecule has 0 fully saturated rings. The van der Waals surface area contributed by atoms with E-state index in [1.807, 2.05) is 38.1 Å². The molecule has 2 rings (SSSR count). The van der Waals surface area contributed by atoms with E-state index in [9.17, 15) is 9.59 Å². The van der Waals surface area contributed by atoms with E-state index in [0.717, 1.165) is 18.4 Å². The summed E-state index contributed by atoms with van der Waals surface area (Å²) in [7, 11) is 0. The number of esters is 1. The average molecular weight is 360 g/mol. The van der Waals surface area contributed by atoms with E-state index in [2.05, 4.69) is 17.6 Å². The monoisotopic (exact) mass is 360 g/mol. The lowest BCUT2D eigenvalue weighted by atomic mass is 9.93. The van der Waals surface area contributed by atoms with Crippen LogP contribution >= 0.6 is 0 Å². The third-order valence-electron chi connectivity index (χ3n) is 4.02. The highest BCUT2D eigenvalue weighted by molar-refractivity contribution is 5.95. The van der Waals surface area contributed by atoms with Gasteiger partial charge in [0, 0.05) is 11.3 Å². The number of amides is 2. The van der Waals surface area contributed by atoms with Crippen molar-refractivity contribution in [1.82, 2.24) is 10.6 Å². The summed E-state index contributed by atoms with van der Waals surface area (Å²) in [5.41, 5.74) is 1.81. The highest BCUT2D eigenvalue weighted by atomic mass is 16.5. The van der Waals surface area contributed by atoms with Crippen LogP contribution in [0.25, 0.3) is 0 Å². The fourth-order valence-corrected chi connectivity index (χ4v) is 2.93. The Hall–Kier alpha value is -2.50. The maximum Gasteiger partial charge on any atom is 0.338 e. The van der Waals surface area contributed by atoms with Crippen LogP contribution in [0.5, 0.6) is 5.75 Å². The van der Waals surface area contributed by atoms with Crippen LogP contribution in [0.2, 0.25) is 0 Å². The molecule has 0 saturated heterocycles. The molecule has 2 N–H and O–H groups in total. The number of hydrogen-bond donors (Lipinski definition) is 2. The largest absolute Gasteiger partial charge is 0.491 e. The van der Waals surface area contributed by atoms with Crippen LogP contribution in [0.1, 0.15) is 58.6 Å². The fourth-order valence-electron chi connectivity index (χ4n) is 2.93. The van der Waals surface area contributed by atoms with Gasteiger partial charge in [-0.05, 0) is 39.7 Å². The van der Waals surface area contributed by atoms with Crippen molar-refractivity contribution in [3.63, 3.8) is 0 Å². The summed E-state index contributed by atoms with van der Waals surface area (Å²) in [5.74, 6) is 0.224. The van der Waals surface area contributed by atoms with Gasteiger partial charge in [0.05, 0.1) is 24.3 Å². The van der Waals surface area contributed by atoms with Gasteiger partial charge in [-0.15, -0.1) is 0 Å². The average Bonchev–Trinajstić information content (AvgIpc) is 2.59. The zero-order chi connectivity index (χ0) is 19.1. The molecule has 142 valence electrons. The summed E-state index contributed by atoms with van der Waals surface area (Å²) >= 11 is 0. The van der Waals surface area contributed by atoms with Crippen molar-refractivity contribution in [3.05, 3.63) is 41.1 Å². The Morgan fingerprint density at radius 3 is 2.62 bits per heavy atom. The van der Waals surface area contributed by atoms with Crippen LogP contribution in [0.15, 0.2) is 35.5 Å². The molecule has 1 aromatic carbocycles. The third-order valence-corrected chi connectivity index (χ3v) is 4.02. The number of hydrogen-bond acceptors (Lipinski definition) is 4. The van der Waals surface area contributed by atoms with Gasteiger partial charge in [0.2, 0.25) is 0 Å². The minimum absolute atomic E-state index is 0.0249. The van der Waals surface area contributed by atoms with Crippen molar-refractivity contribution in [1.29, 1.82) is 0 Å². The summed E-state index contributed by atoms with van der Waals surface area (Å²) in [6, 6.07) is 6.52. The van der Waals surface area contributed by atoms with Gasteiger partial charge in [0.1, 0.15) is 5.75 Å². The van der Waals surface area contributed by atoms with Crippen molar-refractivity contribution < 1.29 is 19.1 Å². The quantitative estimate of drug-likeness (QED) is 0.691. The second kappa shape index (κ2) is 9.27. The van der Waals surface area contributed by atoms with E-state index in [1.165, 1.54) is 0 Å². The van der Waals surface area contributed by atoms with Crippen molar-refractivity contribution in [2.45, 2.75) is 59.1 Å². The number of carbonyl (C=O) groups excluding carboxylic acids is 2. The highest BCUT2D eigenvalue weighted by Crippen LogP contribution is 2.35. The van der Waals surface area contributed by atoms with Crippen LogP contribution in [0.3, 0.4) is 0 Å². The first-order valence-electron chi connectivity index (χ1n) is 9.21. The number of unbranched alkanes of at least 4 members (excludes halogenated alkanes) is 1. The Morgan fingerprint density at radius 2 is 1.96 bits per heavy atom. The fraction of sp³-hybridized carbons (Fsp3) is 0.500. The van der Waals surface area contributed by atoms with Gasteiger partial charge in [-0.25, -0.2) is 9.59 Å². The molecular formula is C20H28N2O4. The van der Waals surface area contributed by atoms with E-state index in [1.54, 1.807) is 6.92 Å². The summed E-state index contributed by atoms with van der Waals surface area (Å²) in [4.78, 5) is 24.9. The molecule has 6 heteroatoms. The molecule has 0 aliphatic carbocycles. The standard InChI is InChI=1S/C20H28N2O4/c1-5-7-11-15-17(19(23)25-6-2)18(22-20(24)21-15)14-10-8-9-12-16(14)26-13(3)4/h8-10,12-13,18H,5-7,11H2,1-4H3,(H2,21,22,24). The molecule has 0 bridgehead atoms. The van der Waals surface area contributed by atoms with Gasteiger partial charge in [0.25, 0.3) is 0 Å². The Kier molecular flexibility index (Phi) is 7.06. The zero-order valence-corrected chi connectivity index (χ0v) is 15.9. The first kappa shape index (κ1) is 19.8. The Labute approximate surface area is 154 Å². The third kappa shape index (κ3) is 4.77. The molecule has 0 radical (unpaired) electrons. The number of urea groups is 1. The summed E-state index contributed by atoms with van der Waals surface area (Å²) in [6.45, 7) is 7.98. The Morgan fingerprint density at radius 1 is 1.23 bits per heavy atom. The lowest BCUT2D eigenvalue weighted by Gasteiger charge is -2.30. The zero-order valence-electron chi connectivity index (χ0n) is 15.9. The predicted octanol–water partition coefficient (Wildman–Crippen LogP) is 3.84. The van der Waals surface area contributed by atoms with E-state index in [4.69, 9.17) is 9.47 Å². The van der Waals surface area contributed by atoms with Crippen molar-refractivity contribution in [2.24, 2.45) is 0 Å². The van der Waals surface area contributed by atoms with Crippen LogP contribution in [-0.2, 0) is 9.53 Å². The van der Waals surface area contributed by atoms with Crippen LogP contribution in [-0.4, -0.2) is 24.7 Å². The first-order valence-corrected chi connectivity index (χ1v) is 9.21. The van der Waals surface area contributed by atoms with E-state index >= 15 is 0 Å². The van der Waals surface area contributed by atoms with Gasteiger partial charge in [-0.1, -0.05) is 31.5 Å². The number of para-hydroxylation sites is 1. The molecule has 1 aromatic rings. The molecule has 26 heavy (non-hydrogen) atoms. The molecular weight excluding hydrogens is 332 g/mol. The maximum absolute atomic E-state index is 12.7. The van der Waals surface area contributed by atoms with Crippen LogP contribution in [0.4, 0.5) is 4.79 Å². The highest BCUT2D eigenvalue weighted by Gasteiger charge is 2.35. The normalized spacial score (nSPS) is 17.0. The molecule has 0 saturated carbocycles. The second-order valence-electron chi connectivity index (χ2n) is 6.45. The summed E-state index contributed by atoms with van der Waals surface area (Å²) in [6.07, 6.45) is 2.42. The Bertz CT molecular complexity index is 682. The summed E-state index contributed by atoms with van der Waals surface area (Å²) < 4.78 is 11.2. The van der Waals surface area contributed by atoms with Crippen LogP contribution < -0.4 is 15.4 Å². The number of carbonyl (C=O) groups is 2. The molecule has 6 nitrogen and oxygen atoms in total. The van der Waals surface area contributed by atoms with E-state index in [0.29, 0.717) is 23.4 Å². The van der Waals surface area contributed by atoms with Gasteiger partial charge >= 0.3 is 12.0 Å². The van der Waals surface area contributed by atoms with E-state index < -0.39 is 12.0 Å². The minimum atomic E-state index is -0.607. The van der Waals surface area contributed by atoms with Crippen molar-refractivity contribution >= 4 is 12.0 Å². The smallest absolute Gasteiger partial charge is 0.338 e. The molecule has 1 aliphatic rings. The summed E-state index contributed by atoms with van der Waals surface area (Å²) in [5, 5.41) is 5.64. The van der Waals surface area contributed by atoms with Crippen LogP contribution in [0, 0.1) is 0 Å². The van der Waals surface area contributed by atoms with Gasteiger partial charge in [0.15, 0.2) is 0 Å². The lowest BCUT2D eigenvalue weighted by molar-refractivity contribution is -0.139. The number of allylic oxidation sites excluding steroid dienone is 1. The number of rotatable bonds is 8. The van der Waals surface area contributed by atoms with Crippen molar-refractivity contribution in [3.8, 4) is 5.75 Å². The second-order valence-corrected chi connectivity index (χ2v) is 6.45. The molecule has 2 amide bonds. The molecule has 1 heterocycles. The predicted molar refractivity (Wildman–Crippen MR) is 99.8 cm³/mol. The topological polar surface area (TPSA) is 76.7 Å². The lowest BCUT2D eigenvalue weighted by Crippen LogP contribution is -2.46. The minimum Gasteiger partial charge on any atom is -0.491 e. The number of benzene rings is 1. The molecule has 0 spiro atoms. The molecule has 1 atom stereocenters. The number of ether oxygens (including phenoxy) is 2. The van der Waals surface area contributed by atoms with Gasteiger partial charge in [-0.3, -0.25) is 0 Å². The first-order chi connectivity index (χ1) is 12.5.